The van der Waals surface area contributed by atoms with Gasteiger partial charge in [0.25, 0.3) is 0 Å². The van der Waals surface area contributed by atoms with Gasteiger partial charge in [0.05, 0.1) is 0 Å². The van der Waals surface area contributed by atoms with Crippen molar-refractivity contribution in [3.63, 3.8) is 0 Å². The van der Waals surface area contributed by atoms with Crippen molar-refractivity contribution < 1.29 is 5.11 Å². The van der Waals surface area contributed by atoms with E-state index in [1.54, 1.807) is 13.0 Å². The van der Waals surface area contributed by atoms with Crippen molar-refractivity contribution in [2.45, 2.75) is 13.0 Å². The van der Waals surface area contributed by atoms with Gasteiger partial charge in [-0.1, -0.05) is 36.9 Å². The van der Waals surface area contributed by atoms with Gasteiger partial charge in [0.15, 0.2) is 0 Å². The Bertz CT molecular complexity index is 251. The van der Waals surface area contributed by atoms with Gasteiger partial charge in [-0.2, -0.15) is 0 Å². The van der Waals surface area contributed by atoms with Crippen LogP contribution >= 0.6 is 0 Å². The average Bonchev–Trinajstić information content (AvgIpc) is 2.04. The van der Waals surface area contributed by atoms with Crippen molar-refractivity contribution in [1.82, 2.24) is 0 Å². The molecule has 0 amide bonds. The first-order valence-corrected chi connectivity index (χ1v) is 3.63. The molecular formula is C10H11O. The first-order chi connectivity index (χ1) is 5.25. The van der Waals surface area contributed by atoms with E-state index in [4.69, 9.17) is 0 Å². The van der Waals surface area contributed by atoms with Gasteiger partial charge in [0.1, 0.15) is 6.10 Å². The highest BCUT2D eigenvalue weighted by atomic mass is 16.3. The summed E-state index contributed by atoms with van der Waals surface area (Å²) >= 11 is 0. The molecule has 1 aromatic rings. The lowest BCUT2D eigenvalue weighted by molar-refractivity contribution is 0.106. The number of hydrogen-bond donors (Lipinski definition) is 0. The summed E-state index contributed by atoms with van der Waals surface area (Å²) in [6.07, 6.45) is 1.05. The molecule has 1 atom stereocenters. The van der Waals surface area contributed by atoms with E-state index in [9.17, 15) is 5.11 Å². The predicted molar refractivity (Wildman–Crippen MR) is 45.6 cm³/mol. The van der Waals surface area contributed by atoms with Crippen LogP contribution in [0.25, 0.3) is 6.08 Å². The first-order valence-electron chi connectivity index (χ1n) is 3.63. The maximum Gasteiger partial charge on any atom is 0.116 e. The molecule has 1 unspecified atom stereocenters. The fourth-order valence-corrected chi connectivity index (χ4v) is 1.07. The largest absolute Gasteiger partial charge is 0.228 e. The van der Waals surface area contributed by atoms with Gasteiger partial charge in [0, 0.05) is 0 Å². The maximum absolute atomic E-state index is 11.1. The zero-order chi connectivity index (χ0) is 8.27. The van der Waals surface area contributed by atoms with Crippen LogP contribution in [0, 0.1) is 0 Å². The fourth-order valence-electron chi connectivity index (χ4n) is 1.07. The number of benzene rings is 1. The normalized spacial score (nSPS) is 12.5. The Balaban J connectivity index is 3.12. The van der Waals surface area contributed by atoms with Crippen molar-refractivity contribution in [2.75, 3.05) is 0 Å². The quantitative estimate of drug-likeness (QED) is 0.613. The Morgan fingerprint density at radius 1 is 1.45 bits per heavy atom. The molecule has 0 aliphatic rings. The van der Waals surface area contributed by atoms with Crippen molar-refractivity contribution in [3.05, 3.63) is 42.0 Å². The molecule has 1 heteroatoms. The van der Waals surface area contributed by atoms with Gasteiger partial charge in [-0.15, -0.1) is 0 Å². The Kier molecular flexibility index (Phi) is 2.44. The topological polar surface area (TPSA) is 19.9 Å². The van der Waals surface area contributed by atoms with E-state index in [1.165, 1.54) is 0 Å². The molecule has 1 rings (SSSR count). The Hall–Kier alpha value is -1.08. The molecular weight excluding hydrogens is 136 g/mol. The maximum atomic E-state index is 11.1. The summed E-state index contributed by atoms with van der Waals surface area (Å²) in [6, 6.07) is 7.52. The van der Waals surface area contributed by atoms with Crippen LogP contribution in [0.4, 0.5) is 0 Å². The van der Waals surface area contributed by atoms with Crippen LogP contribution in [-0.4, -0.2) is 0 Å². The fraction of sp³-hybridized carbons (Fsp3) is 0.200. The third-order valence-electron chi connectivity index (χ3n) is 1.65. The summed E-state index contributed by atoms with van der Waals surface area (Å²) in [4.78, 5) is 0. The molecule has 1 nitrogen and oxygen atoms in total. The van der Waals surface area contributed by atoms with Gasteiger partial charge in [-0.25, -0.2) is 5.11 Å². The summed E-state index contributed by atoms with van der Waals surface area (Å²) in [5.74, 6) is 0. The lowest BCUT2D eigenvalue weighted by atomic mass is 10.0. The zero-order valence-electron chi connectivity index (χ0n) is 6.58. The van der Waals surface area contributed by atoms with E-state index < -0.39 is 6.10 Å². The van der Waals surface area contributed by atoms with Crippen LogP contribution in [0.1, 0.15) is 24.2 Å². The molecule has 0 aliphatic carbocycles. The second kappa shape index (κ2) is 3.35. The molecule has 0 heterocycles. The minimum absolute atomic E-state index is 0.663. The lowest BCUT2D eigenvalue weighted by Crippen LogP contribution is -1.91. The lowest BCUT2D eigenvalue weighted by Gasteiger charge is -2.05. The SMILES string of the molecule is C=Cc1ccccc1C(C)[O]. The molecule has 0 fully saturated rings. The number of hydrogen-bond acceptors (Lipinski definition) is 0. The first kappa shape index (κ1) is 8.02. The standard InChI is InChI=1S/C10H11O/c1-3-9-6-4-5-7-10(9)8(2)11/h3-8H,1H2,2H3. The minimum atomic E-state index is -0.663. The van der Waals surface area contributed by atoms with Crippen molar-refractivity contribution in [3.8, 4) is 0 Å². The Morgan fingerprint density at radius 3 is 2.55 bits per heavy atom. The summed E-state index contributed by atoms with van der Waals surface area (Å²) in [7, 11) is 0. The van der Waals surface area contributed by atoms with E-state index in [1.807, 2.05) is 24.3 Å². The second-order valence-corrected chi connectivity index (χ2v) is 2.48. The molecule has 0 aliphatic heterocycles. The molecule has 0 saturated carbocycles. The molecule has 57 valence electrons. The number of rotatable bonds is 2. The van der Waals surface area contributed by atoms with Gasteiger partial charge in [-0.3, -0.25) is 0 Å². The van der Waals surface area contributed by atoms with E-state index in [0.29, 0.717) is 0 Å². The van der Waals surface area contributed by atoms with Crippen LogP contribution in [-0.2, 0) is 5.11 Å². The Morgan fingerprint density at radius 2 is 2.09 bits per heavy atom. The summed E-state index contributed by atoms with van der Waals surface area (Å²) < 4.78 is 0. The minimum Gasteiger partial charge on any atom is -0.228 e. The van der Waals surface area contributed by atoms with Crippen molar-refractivity contribution in [2.24, 2.45) is 0 Å². The predicted octanol–water partition coefficient (Wildman–Crippen LogP) is 2.82. The summed E-state index contributed by atoms with van der Waals surface area (Å²) in [6.45, 7) is 5.28. The molecule has 1 radical (unpaired) electrons. The van der Waals surface area contributed by atoms with Crippen LogP contribution in [0.2, 0.25) is 0 Å². The van der Waals surface area contributed by atoms with E-state index in [0.717, 1.165) is 11.1 Å². The molecule has 0 N–H and O–H groups in total. The molecule has 11 heavy (non-hydrogen) atoms. The summed E-state index contributed by atoms with van der Waals surface area (Å²) in [5, 5.41) is 11.1. The highest BCUT2D eigenvalue weighted by Crippen LogP contribution is 2.18. The van der Waals surface area contributed by atoms with Crippen molar-refractivity contribution >= 4 is 6.08 Å². The second-order valence-electron chi connectivity index (χ2n) is 2.48. The average molecular weight is 147 g/mol. The van der Waals surface area contributed by atoms with Gasteiger partial charge in [-0.05, 0) is 18.1 Å². The highest BCUT2D eigenvalue weighted by Gasteiger charge is 2.04. The summed E-state index contributed by atoms with van der Waals surface area (Å²) in [5.41, 5.74) is 1.76. The van der Waals surface area contributed by atoms with Gasteiger partial charge >= 0.3 is 0 Å². The molecule has 0 spiro atoms. The molecule has 1 aromatic carbocycles. The molecule has 0 bridgehead atoms. The van der Waals surface area contributed by atoms with Crippen LogP contribution in [0.3, 0.4) is 0 Å². The Labute approximate surface area is 67.0 Å². The molecule has 0 saturated heterocycles. The van der Waals surface area contributed by atoms with Gasteiger partial charge < -0.3 is 0 Å². The smallest absolute Gasteiger partial charge is 0.116 e. The van der Waals surface area contributed by atoms with Crippen LogP contribution < -0.4 is 0 Å². The van der Waals surface area contributed by atoms with E-state index >= 15 is 0 Å². The van der Waals surface area contributed by atoms with Crippen molar-refractivity contribution in [1.29, 1.82) is 0 Å². The third kappa shape index (κ3) is 1.69. The van der Waals surface area contributed by atoms with E-state index in [2.05, 4.69) is 6.58 Å². The third-order valence-corrected chi connectivity index (χ3v) is 1.65. The molecule has 0 aromatic heterocycles. The van der Waals surface area contributed by atoms with Crippen LogP contribution in [0.5, 0.6) is 0 Å². The van der Waals surface area contributed by atoms with Gasteiger partial charge in [0.2, 0.25) is 0 Å². The zero-order valence-corrected chi connectivity index (χ0v) is 6.58. The highest BCUT2D eigenvalue weighted by molar-refractivity contribution is 5.52. The van der Waals surface area contributed by atoms with E-state index in [-0.39, 0.29) is 0 Å². The van der Waals surface area contributed by atoms with Crippen LogP contribution in [0.15, 0.2) is 30.8 Å². The monoisotopic (exact) mass is 147 g/mol.